The van der Waals surface area contributed by atoms with Crippen molar-refractivity contribution in [3.63, 3.8) is 0 Å². The number of rotatable bonds is 2. The lowest BCUT2D eigenvalue weighted by Crippen LogP contribution is -2.47. The van der Waals surface area contributed by atoms with Gasteiger partial charge in [-0.3, -0.25) is 10.1 Å². The molecular formula is C19H19F3N4O. The fourth-order valence-corrected chi connectivity index (χ4v) is 3.89. The van der Waals surface area contributed by atoms with Crippen LogP contribution in [0.25, 0.3) is 11.3 Å². The maximum absolute atomic E-state index is 12.7. The lowest BCUT2D eigenvalue weighted by molar-refractivity contribution is -0.137. The number of likely N-dealkylation sites (tertiary alicyclic amines) is 1. The standard InChI is InChI=1S/C19H19F3N4O/c1-26-11-9-18(17(26)27)8-6-15(25-18)16-23-10-7-14(24-16)12-2-4-13(5-3-12)19(20,21)22/h2-5,7,10,15,25H,6,8-9,11H2,1H3/t15-,18-/m0/s1. The van der Waals surface area contributed by atoms with Gasteiger partial charge in [-0.05, 0) is 37.5 Å². The summed E-state index contributed by atoms with van der Waals surface area (Å²) in [5.74, 6) is 0.663. The van der Waals surface area contributed by atoms with Gasteiger partial charge in [-0.1, -0.05) is 12.1 Å². The van der Waals surface area contributed by atoms with Crippen LogP contribution in [0, 0.1) is 0 Å². The van der Waals surface area contributed by atoms with Crippen LogP contribution in [0.5, 0.6) is 0 Å². The van der Waals surface area contributed by atoms with Gasteiger partial charge in [0.05, 0.1) is 17.3 Å². The van der Waals surface area contributed by atoms with Crippen molar-refractivity contribution >= 4 is 5.91 Å². The molecule has 0 bridgehead atoms. The van der Waals surface area contributed by atoms with Gasteiger partial charge in [-0.15, -0.1) is 0 Å². The number of benzene rings is 1. The van der Waals surface area contributed by atoms with Gasteiger partial charge in [0.1, 0.15) is 11.4 Å². The summed E-state index contributed by atoms with van der Waals surface area (Å²) in [6, 6.07) is 6.45. The number of nitrogens with one attached hydrogen (secondary N) is 1. The van der Waals surface area contributed by atoms with Crippen molar-refractivity contribution in [2.45, 2.75) is 37.0 Å². The number of halogens is 3. The minimum absolute atomic E-state index is 0.101. The summed E-state index contributed by atoms with van der Waals surface area (Å²) < 4.78 is 38.2. The molecular weight excluding hydrogens is 357 g/mol. The molecule has 3 heterocycles. The molecule has 2 aromatic rings. The third-order valence-electron chi connectivity index (χ3n) is 5.43. The average Bonchev–Trinajstić information content (AvgIpc) is 3.21. The Hall–Kier alpha value is -2.48. The fraction of sp³-hybridized carbons (Fsp3) is 0.421. The van der Waals surface area contributed by atoms with E-state index in [1.54, 1.807) is 24.2 Å². The highest BCUT2D eigenvalue weighted by Crippen LogP contribution is 2.38. The molecule has 0 saturated carbocycles. The molecule has 27 heavy (non-hydrogen) atoms. The Morgan fingerprint density at radius 2 is 1.93 bits per heavy atom. The summed E-state index contributed by atoms with van der Waals surface area (Å²) in [4.78, 5) is 23.0. The third-order valence-corrected chi connectivity index (χ3v) is 5.43. The van der Waals surface area contributed by atoms with Crippen LogP contribution in [0.15, 0.2) is 36.5 Å². The monoisotopic (exact) mass is 376 g/mol. The Balaban J connectivity index is 1.56. The second-order valence-electron chi connectivity index (χ2n) is 7.17. The second-order valence-corrected chi connectivity index (χ2v) is 7.17. The van der Waals surface area contributed by atoms with Crippen LogP contribution in [-0.4, -0.2) is 39.9 Å². The number of hydrogen-bond donors (Lipinski definition) is 1. The summed E-state index contributed by atoms with van der Waals surface area (Å²) in [5.41, 5.74) is -0.0705. The van der Waals surface area contributed by atoms with Gasteiger partial charge in [-0.2, -0.15) is 13.2 Å². The molecule has 2 fully saturated rings. The zero-order valence-electron chi connectivity index (χ0n) is 14.8. The molecule has 5 nitrogen and oxygen atoms in total. The van der Waals surface area contributed by atoms with Crippen molar-refractivity contribution in [1.82, 2.24) is 20.2 Å². The van der Waals surface area contributed by atoms with E-state index in [0.717, 1.165) is 37.9 Å². The van der Waals surface area contributed by atoms with Crippen LogP contribution >= 0.6 is 0 Å². The van der Waals surface area contributed by atoms with E-state index in [1.807, 2.05) is 0 Å². The predicted octanol–water partition coefficient (Wildman–Crippen LogP) is 3.19. The van der Waals surface area contributed by atoms with Gasteiger partial charge in [0.2, 0.25) is 5.91 Å². The fourth-order valence-electron chi connectivity index (χ4n) is 3.89. The topological polar surface area (TPSA) is 58.1 Å². The van der Waals surface area contributed by atoms with Gasteiger partial charge in [0.15, 0.2) is 0 Å². The van der Waals surface area contributed by atoms with E-state index in [1.165, 1.54) is 12.1 Å². The summed E-state index contributed by atoms with van der Waals surface area (Å²) in [7, 11) is 1.80. The van der Waals surface area contributed by atoms with E-state index < -0.39 is 17.3 Å². The molecule has 1 amide bonds. The molecule has 1 N–H and O–H groups in total. The van der Waals surface area contributed by atoms with Crippen molar-refractivity contribution in [3.05, 3.63) is 47.9 Å². The number of hydrogen-bond acceptors (Lipinski definition) is 4. The van der Waals surface area contributed by atoms with Crippen molar-refractivity contribution < 1.29 is 18.0 Å². The average molecular weight is 376 g/mol. The summed E-state index contributed by atoms with van der Waals surface area (Å²) in [6.07, 6.45) is -0.523. The Labute approximate surface area is 154 Å². The number of alkyl halides is 3. The van der Waals surface area contributed by atoms with Crippen molar-refractivity contribution in [3.8, 4) is 11.3 Å². The minimum atomic E-state index is -4.36. The molecule has 0 aliphatic carbocycles. The lowest BCUT2D eigenvalue weighted by Gasteiger charge is -2.23. The molecule has 2 aliphatic rings. The van der Waals surface area contributed by atoms with Crippen molar-refractivity contribution in [1.29, 1.82) is 0 Å². The van der Waals surface area contributed by atoms with Gasteiger partial charge < -0.3 is 4.90 Å². The molecule has 1 aromatic carbocycles. The molecule has 1 aromatic heterocycles. The number of carbonyl (C=O) groups excluding carboxylic acids is 1. The van der Waals surface area contributed by atoms with E-state index in [9.17, 15) is 18.0 Å². The smallest absolute Gasteiger partial charge is 0.344 e. The Morgan fingerprint density at radius 3 is 2.56 bits per heavy atom. The second kappa shape index (κ2) is 6.30. The molecule has 142 valence electrons. The Kier molecular flexibility index (Phi) is 4.18. The SMILES string of the molecule is CN1CC[C@@]2(CC[C@@H](c3nccc(-c4ccc(C(F)(F)F)cc4)n3)N2)C1=O. The van der Waals surface area contributed by atoms with E-state index in [2.05, 4.69) is 15.3 Å². The van der Waals surface area contributed by atoms with Crippen LogP contribution in [-0.2, 0) is 11.0 Å². The number of likely N-dealkylation sites (N-methyl/N-ethyl adjacent to an activating group) is 1. The summed E-state index contributed by atoms with van der Waals surface area (Å²) >= 11 is 0. The van der Waals surface area contributed by atoms with Crippen molar-refractivity contribution in [2.75, 3.05) is 13.6 Å². The van der Waals surface area contributed by atoms with Crippen LogP contribution in [0.4, 0.5) is 13.2 Å². The zero-order chi connectivity index (χ0) is 19.2. The molecule has 2 atom stereocenters. The number of aromatic nitrogens is 2. The van der Waals surface area contributed by atoms with E-state index in [4.69, 9.17) is 0 Å². The Bertz CT molecular complexity index is 868. The molecule has 8 heteroatoms. The first-order chi connectivity index (χ1) is 12.8. The highest BCUT2D eigenvalue weighted by atomic mass is 19.4. The number of carbonyl (C=O) groups is 1. The maximum Gasteiger partial charge on any atom is 0.416 e. The third kappa shape index (κ3) is 3.18. The highest BCUT2D eigenvalue weighted by Gasteiger charge is 2.50. The molecule has 0 unspecified atom stereocenters. The summed E-state index contributed by atoms with van der Waals surface area (Å²) in [5, 5.41) is 3.41. The molecule has 2 aliphatic heterocycles. The maximum atomic E-state index is 12.7. The van der Waals surface area contributed by atoms with Crippen molar-refractivity contribution in [2.24, 2.45) is 0 Å². The molecule has 0 radical (unpaired) electrons. The Morgan fingerprint density at radius 1 is 1.19 bits per heavy atom. The van der Waals surface area contributed by atoms with E-state index in [0.29, 0.717) is 17.1 Å². The van der Waals surface area contributed by atoms with Gasteiger partial charge >= 0.3 is 6.18 Å². The van der Waals surface area contributed by atoms with Gasteiger partial charge in [-0.25, -0.2) is 9.97 Å². The predicted molar refractivity (Wildman–Crippen MR) is 92.6 cm³/mol. The first kappa shape index (κ1) is 17.9. The molecule has 1 spiro atoms. The van der Waals surface area contributed by atoms with Gasteiger partial charge in [0.25, 0.3) is 0 Å². The zero-order valence-corrected chi connectivity index (χ0v) is 14.8. The minimum Gasteiger partial charge on any atom is -0.344 e. The first-order valence-electron chi connectivity index (χ1n) is 8.82. The molecule has 2 saturated heterocycles. The van der Waals surface area contributed by atoms with Crippen LogP contribution in [0.2, 0.25) is 0 Å². The van der Waals surface area contributed by atoms with Crippen LogP contribution in [0.3, 0.4) is 0 Å². The largest absolute Gasteiger partial charge is 0.416 e. The molecule has 4 rings (SSSR count). The van der Waals surface area contributed by atoms with Crippen LogP contribution in [0.1, 0.15) is 36.7 Å². The van der Waals surface area contributed by atoms with E-state index >= 15 is 0 Å². The first-order valence-corrected chi connectivity index (χ1v) is 8.82. The van der Waals surface area contributed by atoms with Gasteiger partial charge in [0, 0.05) is 25.4 Å². The lowest BCUT2D eigenvalue weighted by atomic mass is 9.96. The van der Waals surface area contributed by atoms with Crippen LogP contribution < -0.4 is 5.32 Å². The quantitative estimate of drug-likeness (QED) is 0.875. The number of nitrogens with zero attached hydrogens (tertiary/aromatic N) is 3. The highest BCUT2D eigenvalue weighted by molar-refractivity contribution is 5.88. The number of amides is 1. The van der Waals surface area contributed by atoms with E-state index in [-0.39, 0.29) is 11.9 Å². The summed E-state index contributed by atoms with van der Waals surface area (Å²) in [6.45, 7) is 0.727. The normalized spacial score (nSPS) is 25.6.